The van der Waals surface area contributed by atoms with Gasteiger partial charge in [0.05, 0.1) is 13.7 Å². The smallest absolute Gasteiger partial charge is 0.234 e. The van der Waals surface area contributed by atoms with Crippen molar-refractivity contribution < 1.29 is 13.9 Å². The molecule has 0 radical (unpaired) electrons. The Labute approximate surface area is 124 Å². The molecule has 0 aliphatic heterocycles. The molecule has 0 saturated heterocycles. The highest BCUT2D eigenvalue weighted by molar-refractivity contribution is 5.85. The number of halogens is 2. The van der Waals surface area contributed by atoms with Gasteiger partial charge in [0.2, 0.25) is 5.91 Å². The third-order valence-corrected chi connectivity index (χ3v) is 3.12. The molecule has 1 fully saturated rings. The number of benzene rings is 1. The van der Waals surface area contributed by atoms with Gasteiger partial charge >= 0.3 is 0 Å². The van der Waals surface area contributed by atoms with E-state index in [1.54, 1.807) is 12.1 Å². The van der Waals surface area contributed by atoms with E-state index in [2.05, 4.69) is 10.6 Å². The maximum atomic E-state index is 13.4. The van der Waals surface area contributed by atoms with E-state index in [9.17, 15) is 9.18 Å². The highest BCUT2D eigenvalue weighted by Gasteiger charge is 2.20. The first-order valence-corrected chi connectivity index (χ1v) is 6.49. The molecule has 0 aromatic heterocycles. The van der Waals surface area contributed by atoms with Crippen LogP contribution in [-0.4, -0.2) is 26.1 Å². The zero-order chi connectivity index (χ0) is 13.7. The Morgan fingerprint density at radius 2 is 2.20 bits per heavy atom. The fourth-order valence-corrected chi connectivity index (χ4v) is 1.79. The molecular formula is C14H20ClFN2O2. The molecule has 1 aromatic rings. The minimum absolute atomic E-state index is 0. The summed E-state index contributed by atoms with van der Waals surface area (Å²) >= 11 is 0. The van der Waals surface area contributed by atoms with Gasteiger partial charge in [0, 0.05) is 6.54 Å². The van der Waals surface area contributed by atoms with Crippen molar-refractivity contribution in [1.82, 2.24) is 10.6 Å². The van der Waals surface area contributed by atoms with Gasteiger partial charge < -0.3 is 15.4 Å². The van der Waals surface area contributed by atoms with Crippen molar-refractivity contribution >= 4 is 18.3 Å². The second kappa shape index (κ2) is 8.07. The van der Waals surface area contributed by atoms with Crippen molar-refractivity contribution in [3.63, 3.8) is 0 Å². The van der Waals surface area contributed by atoms with Crippen molar-refractivity contribution in [3.8, 4) is 5.75 Å². The first-order chi connectivity index (χ1) is 9.19. The molecule has 6 heteroatoms. The number of carbonyl (C=O) groups is 1. The molecular weight excluding hydrogens is 283 g/mol. The molecule has 1 aliphatic rings. The van der Waals surface area contributed by atoms with Gasteiger partial charge in [0.15, 0.2) is 11.6 Å². The normalized spacial score (nSPS) is 13.5. The van der Waals surface area contributed by atoms with Crippen LogP contribution in [0.4, 0.5) is 4.39 Å². The number of hydrogen-bond donors (Lipinski definition) is 2. The maximum Gasteiger partial charge on any atom is 0.234 e. The molecule has 1 saturated carbocycles. The van der Waals surface area contributed by atoms with Crippen LogP contribution in [-0.2, 0) is 11.3 Å². The molecule has 0 heterocycles. The number of methoxy groups -OCH3 is 1. The molecule has 0 bridgehead atoms. The van der Waals surface area contributed by atoms with Gasteiger partial charge in [-0.2, -0.15) is 0 Å². The molecule has 2 rings (SSSR count). The van der Waals surface area contributed by atoms with Crippen LogP contribution in [0.1, 0.15) is 18.4 Å². The van der Waals surface area contributed by atoms with Gasteiger partial charge in [-0.25, -0.2) is 4.39 Å². The zero-order valence-electron chi connectivity index (χ0n) is 11.4. The molecule has 0 atom stereocenters. The summed E-state index contributed by atoms with van der Waals surface area (Å²) in [5, 5.41) is 5.86. The van der Waals surface area contributed by atoms with Crippen molar-refractivity contribution in [3.05, 3.63) is 29.6 Å². The second-order valence-electron chi connectivity index (χ2n) is 4.82. The third-order valence-electron chi connectivity index (χ3n) is 3.12. The Hall–Kier alpha value is -1.33. The van der Waals surface area contributed by atoms with Gasteiger partial charge in [-0.05, 0) is 43.0 Å². The van der Waals surface area contributed by atoms with Crippen molar-refractivity contribution in [2.45, 2.75) is 19.4 Å². The molecule has 2 N–H and O–H groups in total. The molecule has 4 nitrogen and oxygen atoms in total. The van der Waals surface area contributed by atoms with Gasteiger partial charge in [0.25, 0.3) is 0 Å². The van der Waals surface area contributed by atoms with Crippen molar-refractivity contribution in [1.29, 1.82) is 0 Å². The Kier molecular flexibility index (Phi) is 6.75. The minimum atomic E-state index is -0.416. The Balaban J connectivity index is 0.00000200. The van der Waals surface area contributed by atoms with E-state index in [-0.39, 0.29) is 24.1 Å². The standard InChI is InChI=1S/C14H19FN2O2.ClH/c1-19-13-5-4-11(6-12(13)15)8-17-14(18)9-16-7-10-2-3-10;/h4-6,10,16H,2-3,7-9H2,1H3,(H,17,18);1H. The summed E-state index contributed by atoms with van der Waals surface area (Å²) in [5.41, 5.74) is 0.717. The molecule has 1 amide bonds. The van der Waals surface area contributed by atoms with Crippen LogP contribution in [0, 0.1) is 11.7 Å². The summed E-state index contributed by atoms with van der Waals surface area (Å²) in [5.74, 6) is 0.475. The monoisotopic (exact) mass is 302 g/mol. The first-order valence-electron chi connectivity index (χ1n) is 6.49. The predicted octanol–water partition coefficient (Wildman–Crippen LogP) is 1.87. The number of hydrogen-bond acceptors (Lipinski definition) is 3. The maximum absolute atomic E-state index is 13.4. The minimum Gasteiger partial charge on any atom is -0.494 e. The molecule has 1 aromatic carbocycles. The highest BCUT2D eigenvalue weighted by Crippen LogP contribution is 2.27. The van der Waals surface area contributed by atoms with Crippen molar-refractivity contribution in [2.24, 2.45) is 5.92 Å². The van der Waals surface area contributed by atoms with E-state index in [1.165, 1.54) is 26.0 Å². The van der Waals surface area contributed by atoms with Gasteiger partial charge in [-0.3, -0.25) is 4.79 Å². The average molecular weight is 303 g/mol. The van der Waals surface area contributed by atoms with Crippen LogP contribution >= 0.6 is 12.4 Å². The summed E-state index contributed by atoms with van der Waals surface area (Å²) in [7, 11) is 1.42. The fourth-order valence-electron chi connectivity index (χ4n) is 1.79. The Morgan fingerprint density at radius 1 is 1.45 bits per heavy atom. The number of rotatable bonds is 7. The van der Waals surface area contributed by atoms with E-state index in [0.717, 1.165) is 12.5 Å². The molecule has 0 unspecified atom stereocenters. The van der Waals surface area contributed by atoms with Gasteiger partial charge in [0.1, 0.15) is 0 Å². The lowest BCUT2D eigenvalue weighted by molar-refractivity contribution is -0.120. The largest absolute Gasteiger partial charge is 0.494 e. The lowest BCUT2D eigenvalue weighted by Crippen LogP contribution is -2.34. The summed E-state index contributed by atoms with van der Waals surface area (Å²) in [6, 6.07) is 4.67. The summed E-state index contributed by atoms with van der Waals surface area (Å²) in [6.45, 7) is 1.55. The molecule has 112 valence electrons. The molecule has 0 spiro atoms. The number of amides is 1. The Bertz CT molecular complexity index is 453. The quantitative estimate of drug-likeness (QED) is 0.808. The lowest BCUT2D eigenvalue weighted by atomic mass is 10.2. The van der Waals surface area contributed by atoms with E-state index >= 15 is 0 Å². The fraction of sp³-hybridized carbons (Fsp3) is 0.500. The van der Waals surface area contributed by atoms with E-state index in [4.69, 9.17) is 4.74 Å². The zero-order valence-corrected chi connectivity index (χ0v) is 12.3. The predicted molar refractivity (Wildman–Crippen MR) is 77.6 cm³/mol. The number of nitrogens with one attached hydrogen (secondary N) is 2. The van der Waals surface area contributed by atoms with Crippen LogP contribution in [0.15, 0.2) is 18.2 Å². The van der Waals surface area contributed by atoms with Crippen LogP contribution in [0.2, 0.25) is 0 Å². The number of carbonyl (C=O) groups excluding carboxylic acids is 1. The summed E-state index contributed by atoms with van der Waals surface area (Å²) < 4.78 is 18.3. The number of ether oxygens (including phenoxy) is 1. The highest BCUT2D eigenvalue weighted by atomic mass is 35.5. The lowest BCUT2D eigenvalue weighted by Gasteiger charge is -2.08. The van der Waals surface area contributed by atoms with E-state index in [1.807, 2.05) is 0 Å². The van der Waals surface area contributed by atoms with Crippen LogP contribution in [0.25, 0.3) is 0 Å². The van der Waals surface area contributed by atoms with Crippen LogP contribution < -0.4 is 15.4 Å². The molecule has 20 heavy (non-hydrogen) atoms. The Morgan fingerprint density at radius 3 is 2.80 bits per heavy atom. The molecule has 1 aliphatic carbocycles. The second-order valence-corrected chi connectivity index (χ2v) is 4.82. The van der Waals surface area contributed by atoms with E-state index < -0.39 is 5.82 Å². The van der Waals surface area contributed by atoms with Crippen molar-refractivity contribution in [2.75, 3.05) is 20.2 Å². The van der Waals surface area contributed by atoms with E-state index in [0.29, 0.717) is 18.7 Å². The topological polar surface area (TPSA) is 50.4 Å². The van der Waals surface area contributed by atoms with Crippen LogP contribution in [0.3, 0.4) is 0 Å². The van der Waals surface area contributed by atoms with Gasteiger partial charge in [-0.1, -0.05) is 6.07 Å². The van der Waals surface area contributed by atoms with Crippen LogP contribution in [0.5, 0.6) is 5.75 Å². The summed E-state index contributed by atoms with van der Waals surface area (Å²) in [6.07, 6.45) is 2.53. The summed E-state index contributed by atoms with van der Waals surface area (Å²) in [4.78, 5) is 11.5. The van der Waals surface area contributed by atoms with Gasteiger partial charge in [-0.15, -0.1) is 12.4 Å². The average Bonchev–Trinajstić information content (AvgIpc) is 3.20. The third kappa shape index (κ3) is 5.35. The first kappa shape index (κ1) is 16.7. The SMILES string of the molecule is COc1ccc(CNC(=O)CNCC2CC2)cc1F.Cl.